The molecule has 1 rings (SSSR count). The quantitative estimate of drug-likeness (QED) is 0.807. The van der Waals surface area contributed by atoms with Crippen molar-refractivity contribution >= 4 is 5.97 Å². The molecular weight excluding hydrogens is 271 g/mol. The largest absolute Gasteiger partial charge is 0.478 e. The van der Waals surface area contributed by atoms with Crippen molar-refractivity contribution in [3.05, 3.63) is 33.4 Å². The van der Waals surface area contributed by atoms with Crippen LogP contribution in [0, 0.1) is 0 Å². The second kappa shape index (κ2) is 6.49. The highest BCUT2D eigenvalue weighted by Gasteiger charge is 2.26. The molecule has 0 aliphatic carbocycles. The third-order valence-electron chi connectivity index (χ3n) is 2.94. The van der Waals surface area contributed by atoms with E-state index < -0.39 is 72.7 Å². The van der Waals surface area contributed by atoms with E-state index in [0.717, 1.165) is 0 Å². The Hall–Kier alpha value is -1.66. The highest BCUT2D eigenvalue weighted by molar-refractivity contribution is 5.92. The first-order chi connectivity index (χ1) is 9.06. The van der Waals surface area contributed by atoms with E-state index in [1.54, 1.807) is 0 Å². The molecule has 1 aromatic carbocycles. The molecule has 0 spiro atoms. The van der Waals surface area contributed by atoms with Crippen molar-refractivity contribution in [1.29, 1.82) is 0 Å². The van der Waals surface area contributed by atoms with Gasteiger partial charge in [-0.25, -0.2) is 26.7 Å². The van der Waals surface area contributed by atoms with Gasteiger partial charge in [0, 0.05) is 11.1 Å². The van der Waals surface area contributed by atoms with Crippen LogP contribution in [0.4, 0.5) is 22.0 Å². The minimum absolute atomic E-state index is 0.504. The first-order valence-electron chi connectivity index (χ1n) is 5.28. The highest BCUT2D eigenvalue weighted by atomic mass is 19.1. The van der Waals surface area contributed by atoms with Gasteiger partial charge in [0.05, 0.1) is 5.56 Å². The third-order valence-corrected chi connectivity index (χ3v) is 2.94. The van der Waals surface area contributed by atoms with Crippen molar-refractivity contribution < 1.29 is 31.9 Å². The average molecular weight is 282 g/mol. The Morgan fingerprint density at radius 2 is 0.947 bits per heavy atom. The summed E-state index contributed by atoms with van der Waals surface area (Å²) in [6.07, 6.45) is 0. The Bertz CT molecular complexity index is 454. The summed E-state index contributed by atoms with van der Waals surface area (Å²) in [5.74, 6) is -1.70. The number of hydrogen-bond donors (Lipinski definition) is 1. The predicted octanol–water partition coefficient (Wildman–Crippen LogP) is 3.73. The van der Waals surface area contributed by atoms with Gasteiger partial charge in [-0.05, 0) is 16.7 Å². The van der Waals surface area contributed by atoms with Crippen LogP contribution in [0.15, 0.2) is 0 Å². The first-order valence-corrected chi connectivity index (χ1v) is 5.28. The molecule has 0 aliphatic heterocycles. The summed E-state index contributed by atoms with van der Waals surface area (Å²) in [6, 6.07) is 0. The second-order valence-corrected chi connectivity index (χ2v) is 3.74. The number of carboxylic acids is 1. The topological polar surface area (TPSA) is 37.3 Å². The van der Waals surface area contributed by atoms with E-state index in [1.165, 1.54) is 0 Å². The summed E-state index contributed by atoms with van der Waals surface area (Å²) >= 11 is 0. The second-order valence-electron chi connectivity index (χ2n) is 3.74. The number of alkyl halides is 5. The maximum absolute atomic E-state index is 12.9. The van der Waals surface area contributed by atoms with Crippen molar-refractivity contribution in [2.45, 2.75) is 33.4 Å². The minimum Gasteiger partial charge on any atom is -0.478 e. The van der Waals surface area contributed by atoms with E-state index in [1.807, 2.05) is 0 Å². The molecule has 1 N–H and O–H groups in total. The number of hydrogen-bond acceptors (Lipinski definition) is 1. The van der Waals surface area contributed by atoms with E-state index in [9.17, 15) is 26.7 Å². The zero-order valence-electron chi connectivity index (χ0n) is 9.78. The van der Waals surface area contributed by atoms with Gasteiger partial charge in [-0.15, -0.1) is 0 Å². The molecule has 0 amide bonds. The van der Waals surface area contributed by atoms with E-state index in [-0.39, 0.29) is 0 Å². The molecule has 0 radical (unpaired) electrons. The molecule has 7 heteroatoms. The molecule has 0 aromatic heterocycles. The number of rotatable bonds is 6. The fourth-order valence-corrected chi connectivity index (χ4v) is 2.07. The van der Waals surface area contributed by atoms with Crippen LogP contribution in [0.2, 0.25) is 0 Å². The third kappa shape index (κ3) is 2.54. The lowest BCUT2D eigenvalue weighted by Crippen LogP contribution is -2.15. The zero-order chi connectivity index (χ0) is 14.6. The summed E-state index contributed by atoms with van der Waals surface area (Å²) in [5, 5.41) is 8.94. The molecule has 0 saturated carbocycles. The fourth-order valence-electron chi connectivity index (χ4n) is 2.07. The molecule has 19 heavy (non-hydrogen) atoms. The van der Waals surface area contributed by atoms with E-state index in [4.69, 9.17) is 5.11 Å². The lowest BCUT2D eigenvalue weighted by molar-refractivity contribution is 0.0692. The molecule has 0 fully saturated rings. The van der Waals surface area contributed by atoms with Crippen molar-refractivity contribution in [3.63, 3.8) is 0 Å². The molecule has 0 atom stereocenters. The van der Waals surface area contributed by atoms with Crippen molar-refractivity contribution in [3.8, 4) is 0 Å². The number of carboxylic acid groups (broad SMARTS) is 1. The Morgan fingerprint density at radius 1 is 0.684 bits per heavy atom. The molecule has 1 aromatic rings. The minimum atomic E-state index is -1.70. The van der Waals surface area contributed by atoms with Crippen LogP contribution >= 0.6 is 0 Å². The fraction of sp³-hybridized carbons (Fsp3) is 0.417. The van der Waals surface area contributed by atoms with Gasteiger partial charge in [0.1, 0.15) is 33.4 Å². The number of benzene rings is 1. The molecule has 106 valence electrons. The van der Waals surface area contributed by atoms with Crippen LogP contribution in [0.3, 0.4) is 0 Å². The van der Waals surface area contributed by atoms with E-state index >= 15 is 0 Å². The van der Waals surface area contributed by atoms with Gasteiger partial charge in [0.25, 0.3) is 0 Å². The normalized spacial score (nSPS) is 10.8. The molecule has 0 unspecified atom stereocenters. The van der Waals surface area contributed by atoms with Crippen LogP contribution < -0.4 is 0 Å². The number of halogens is 5. The van der Waals surface area contributed by atoms with Crippen LogP contribution in [0.1, 0.15) is 38.2 Å². The number of carbonyl (C=O) groups is 1. The summed E-state index contributed by atoms with van der Waals surface area (Å²) < 4.78 is 64.4. The van der Waals surface area contributed by atoms with Gasteiger partial charge < -0.3 is 5.11 Å². The Labute approximate surface area is 105 Å². The molecule has 0 bridgehead atoms. The Balaban J connectivity index is 3.85. The Morgan fingerprint density at radius 3 is 1.16 bits per heavy atom. The lowest BCUT2D eigenvalue weighted by atomic mass is 9.88. The van der Waals surface area contributed by atoms with Crippen molar-refractivity contribution in [2.75, 3.05) is 0 Å². The van der Waals surface area contributed by atoms with Crippen LogP contribution in [-0.4, -0.2) is 11.1 Å². The predicted molar refractivity (Wildman–Crippen MR) is 57.5 cm³/mol. The first kappa shape index (κ1) is 15.4. The van der Waals surface area contributed by atoms with Gasteiger partial charge in [-0.1, -0.05) is 0 Å². The van der Waals surface area contributed by atoms with Gasteiger partial charge in [-0.3, -0.25) is 0 Å². The molecular formula is C12H11F5O2. The van der Waals surface area contributed by atoms with E-state index in [0.29, 0.717) is 0 Å². The van der Waals surface area contributed by atoms with Gasteiger partial charge >= 0.3 is 5.97 Å². The van der Waals surface area contributed by atoms with Gasteiger partial charge in [-0.2, -0.15) is 0 Å². The monoisotopic (exact) mass is 282 g/mol. The molecule has 0 aliphatic rings. The van der Waals surface area contributed by atoms with E-state index in [2.05, 4.69) is 0 Å². The maximum atomic E-state index is 12.9. The van der Waals surface area contributed by atoms with Crippen molar-refractivity contribution in [1.82, 2.24) is 0 Å². The summed E-state index contributed by atoms with van der Waals surface area (Å²) in [7, 11) is 0. The summed E-state index contributed by atoms with van der Waals surface area (Å²) in [5.41, 5.74) is -3.68. The van der Waals surface area contributed by atoms with Crippen LogP contribution in [-0.2, 0) is 33.4 Å². The summed E-state index contributed by atoms with van der Waals surface area (Å²) in [4.78, 5) is 11.0. The molecule has 0 saturated heterocycles. The highest BCUT2D eigenvalue weighted by Crippen LogP contribution is 2.32. The average Bonchev–Trinajstić information content (AvgIpc) is 2.43. The lowest BCUT2D eigenvalue weighted by Gasteiger charge is -2.19. The maximum Gasteiger partial charge on any atom is 0.336 e. The summed E-state index contributed by atoms with van der Waals surface area (Å²) in [6.45, 7) is -6.81. The SMILES string of the molecule is O=C(O)c1c(CF)c(CF)c(CF)c(CF)c1CF. The Kier molecular flexibility index (Phi) is 5.26. The van der Waals surface area contributed by atoms with Gasteiger partial charge in [0.2, 0.25) is 0 Å². The van der Waals surface area contributed by atoms with Crippen LogP contribution in [0.25, 0.3) is 0 Å². The number of aromatic carboxylic acids is 1. The zero-order valence-corrected chi connectivity index (χ0v) is 9.78. The molecule has 0 heterocycles. The smallest absolute Gasteiger partial charge is 0.336 e. The standard InChI is InChI=1S/C12H11F5O2/c13-1-6-7(2-14)9(4-16)11(12(18)19)10(5-17)8(6)3-15/h1-5H2,(H,18,19). The van der Waals surface area contributed by atoms with Gasteiger partial charge in [0.15, 0.2) is 0 Å². The molecule has 2 nitrogen and oxygen atoms in total. The van der Waals surface area contributed by atoms with Crippen molar-refractivity contribution in [2.24, 2.45) is 0 Å². The van der Waals surface area contributed by atoms with Crippen LogP contribution in [0.5, 0.6) is 0 Å².